The van der Waals surface area contributed by atoms with Gasteiger partial charge in [0.25, 0.3) is 5.91 Å². The number of nitrogens with one attached hydrogen (secondary N) is 1. The molecule has 4 nitrogen and oxygen atoms in total. The fraction of sp³-hybridized carbons (Fsp3) is 0.214. The van der Waals surface area contributed by atoms with Crippen molar-refractivity contribution >= 4 is 33.6 Å². The monoisotopic (exact) mass is 351 g/mol. The summed E-state index contributed by atoms with van der Waals surface area (Å²) in [6, 6.07) is 8.09. The summed E-state index contributed by atoms with van der Waals surface area (Å²) >= 11 is 5.10. The Bertz CT molecular complexity index is 572. The van der Waals surface area contributed by atoms with E-state index in [4.69, 9.17) is 0 Å². The van der Waals surface area contributed by atoms with Gasteiger partial charge < -0.3 is 5.32 Å². The van der Waals surface area contributed by atoms with Crippen molar-refractivity contribution < 1.29 is 4.79 Å². The van der Waals surface area contributed by atoms with Crippen molar-refractivity contribution in [1.29, 1.82) is 0 Å². The largest absolute Gasteiger partial charge is 0.350 e. The van der Waals surface area contributed by atoms with Gasteiger partial charge in [-0.05, 0) is 31.2 Å². The fourth-order valence-corrected chi connectivity index (χ4v) is 2.50. The van der Waals surface area contributed by atoms with Crippen molar-refractivity contribution in [2.24, 2.45) is 0 Å². The second-order valence-electron chi connectivity index (χ2n) is 4.10. The lowest BCUT2D eigenvalue weighted by Crippen LogP contribution is -2.26. The second kappa shape index (κ2) is 7.40. The maximum absolute atomic E-state index is 11.8. The fourth-order valence-electron chi connectivity index (χ4n) is 1.46. The first kappa shape index (κ1) is 15.0. The molecule has 1 N–H and O–H groups in total. The molecule has 0 radical (unpaired) electrons. The van der Waals surface area contributed by atoms with Crippen LogP contribution in [0.2, 0.25) is 0 Å². The Hall–Kier alpha value is -1.40. The molecule has 0 saturated carbocycles. The number of carbonyl (C=O) groups is 1. The number of amides is 1. The van der Waals surface area contributed by atoms with Crippen LogP contribution in [0.1, 0.15) is 16.2 Å². The van der Waals surface area contributed by atoms with Gasteiger partial charge in [-0.25, -0.2) is 4.98 Å². The quantitative estimate of drug-likeness (QED) is 0.664. The first-order chi connectivity index (χ1) is 9.65. The Labute approximate surface area is 130 Å². The van der Waals surface area contributed by atoms with Gasteiger partial charge in [-0.3, -0.25) is 9.78 Å². The molecule has 0 bridgehead atoms. The molecule has 20 heavy (non-hydrogen) atoms. The number of hydrogen-bond acceptors (Lipinski definition) is 4. The molecule has 2 aromatic rings. The van der Waals surface area contributed by atoms with Gasteiger partial charge in [-0.2, -0.15) is 0 Å². The molecule has 1 aromatic heterocycles. The number of carbonyl (C=O) groups excluding carboxylic acids is 1. The molecule has 104 valence electrons. The zero-order valence-corrected chi connectivity index (χ0v) is 13.4. The van der Waals surface area contributed by atoms with Gasteiger partial charge >= 0.3 is 0 Å². The highest BCUT2D eigenvalue weighted by Crippen LogP contribution is 2.19. The lowest BCUT2D eigenvalue weighted by molar-refractivity contribution is 0.0951. The second-order valence-corrected chi connectivity index (χ2v) is 6.19. The van der Waals surface area contributed by atoms with E-state index >= 15 is 0 Å². The summed E-state index contributed by atoms with van der Waals surface area (Å²) in [4.78, 5) is 21.1. The average Bonchev–Trinajstić information content (AvgIpc) is 2.46. The van der Waals surface area contributed by atoms with Gasteiger partial charge in [0.05, 0.1) is 11.9 Å². The Balaban J connectivity index is 1.74. The highest BCUT2D eigenvalue weighted by molar-refractivity contribution is 9.10. The molecule has 0 aliphatic heterocycles. The predicted octanol–water partition coefficient (Wildman–Crippen LogP) is 3.07. The number of rotatable bonds is 5. The third-order valence-electron chi connectivity index (χ3n) is 2.48. The Morgan fingerprint density at radius 2 is 2.00 bits per heavy atom. The molecule has 0 saturated heterocycles. The summed E-state index contributed by atoms with van der Waals surface area (Å²) in [5, 5.41) is 2.83. The molecule has 1 aromatic carbocycles. The minimum atomic E-state index is -0.186. The lowest BCUT2D eigenvalue weighted by Gasteiger charge is -2.05. The molecule has 1 heterocycles. The summed E-state index contributed by atoms with van der Waals surface area (Å²) in [5.74, 6) is 0.626. The van der Waals surface area contributed by atoms with E-state index in [-0.39, 0.29) is 5.91 Å². The molecule has 6 heteroatoms. The van der Waals surface area contributed by atoms with Crippen LogP contribution in [0.4, 0.5) is 0 Å². The molecular formula is C14H14BrN3OS. The minimum Gasteiger partial charge on any atom is -0.350 e. The van der Waals surface area contributed by atoms with Gasteiger partial charge in [0.2, 0.25) is 0 Å². The topological polar surface area (TPSA) is 54.9 Å². The van der Waals surface area contributed by atoms with E-state index in [0.29, 0.717) is 12.2 Å². The average molecular weight is 352 g/mol. The van der Waals surface area contributed by atoms with E-state index in [1.165, 1.54) is 11.1 Å². The summed E-state index contributed by atoms with van der Waals surface area (Å²) in [5.41, 5.74) is 1.15. The first-order valence-corrected chi connectivity index (χ1v) is 7.88. The standard InChI is InChI=1S/C14H14BrN3OS/c1-10-8-18-13(9-17-10)14(19)16-6-7-20-12-4-2-11(15)3-5-12/h2-5,8-9H,6-7H2,1H3,(H,16,19). The number of benzene rings is 1. The van der Waals surface area contributed by atoms with Crippen LogP contribution in [0.25, 0.3) is 0 Å². The molecule has 0 aliphatic carbocycles. The van der Waals surface area contributed by atoms with Crippen molar-refractivity contribution in [3.63, 3.8) is 0 Å². The van der Waals surface area contributed by atoms with Crippen LogP contribution >= 0.6 is 27.7 Å². The van der Waals surface area contributed by atoms with Crippen molar-refractivity contribution in [3.8, 4) is 0 Å². The number of hydrogen-bond donors (Lipinski definition) is 1. The van der Waals surface area contributed by atoms with Crippen LogP contribution in [0.3, 0.4) is 0 Å². The molecule has 0 unspecified atom stereocenters. The van der Waals surface area contributed by atoms with Gasteiger partial charge in [-0.1, -0.05) is 15.9 Å². The zero-order chi connectivity index (χ0) is 14.4. The highest BCUT2D eigenvalue weighted by Gasteiger charge is 2.06. The van der Waals surface area contributed by atoms with E-state index in [1.807, 2.05) is 31.2 Å². The van der Waals surface area contributed by atoms with Gasteiger partial charge in [0, 0.05) is 27.9 Å². The molecule has 0 atom stereocenters. The number of thioether (sulfide) groups is 1. The molecule has 0 aliphatic rings. The van der Waals surface area contributed by atoms with Crippen LogP contribution in [0, 0.1) is 6.92 Å². The van der Waals surface area contributed by atoms with Gasteiger partial charge in [-0.15, -0.1) is 11.8 Å². The zero-order valence-electron chi connectivity index (χ0n) is 11.0. The third-order valence-corrected chi connectivity index (χ3v) is 4.03. The summed E-state index contributed by atoms with van der Waals surface area (Å²) in [7, 11) is 0. The van der Waals surface area contributed by atoms with Crippen LogP contribution < -0.4 is 5.32 Å². The Morgan fingerprint density at radius 1 is 1.25 bits per heavy atom. The van der Waals surface area contributed by atoms with E-state index in [1.54, 1.807) is 18.0 Å². The van der Waals surface area contributed by atoms with Crippen molar-refractivity contribution in [3.05, 3.63) is 52.5 Å². The molecule has 1 amide bonds. The maximum atomic E-state index is 11.8. The van der Waals surface area contributed by atoms with E-state index < -0.39 is 0 Å². The summed E-state index contributed by atoms with van der Waals surface area (Å²) in [6.45, 7) is 2.43. The number of aromatic nitrogens is 2. The summed E-state index contributed by atoms with van der Waals surface area (Å²) in [6.07, 6.45) is 3.08. The third kappa shape index (κ3) is 4.61. The maximum Gasteiger partial charge on any atom is 0.271 e. The summed E-state index contributed by atoms with van der Waals surface area (Å²) < 4.78 is 1.06. The van der Waals surface area contributed by atoms with Crippen molar-refractivity contribution in [2.75, 3.05) is 12.3 Å². The number of aryl methyl sites for hydroxylation is 1. The van der Waals surface area contributed by atoms with E-state index in [2.05, 4.69) is 31.2 Å². The highest BCUT2D eigenvalue weighted by atomic mass is 79.9. The van der Waals surface area contributed by atoms with Crippen LogP contribution in [-0.2, 0) is 0 Å². The van der Waals surface area contributed by atoms with E-state index in [0.717, 1.165) is 15.9 Å². The molecule has 0 fully saturated rings. The van der Waals surface area contributed by atoms with E-state index in [9.17, 15) is 4.79 Å². The number of nitrogens with zero attached hydrogens (tertiary/aromatic N) is 2. The van der Waals surface area contributed by atoms with Crippen LogP contribution in [-0.4, -0.2) is 28.2 Å². The first-order valence-electron chi connectivity index (χ1n) is 6.10. The van der Waals surface area contributed by atoms with Crippen LogP contribution in [0.15, 0.2) is 46.0 Å². The van der Waals surface area contributed by atoms with Gasteiger partial charge in [0.15, 0.2) is 0 Å². The Morgan fingerprint density at radius 3 is 2.65 bits per heavy atom. The SMILES string of the molecule is Cc1cnc(C(=O)NCCSc2ccc(Br)cc2)cn1. The van der Waals surface area contributed by atoms with Gasteiger partial charge in [0.1, 0.15) is 5.69 Å². The van der Waals surface area contributed by atoms with Crippen molar-refractivity contribution in [2.45, 2.75) is 11.8 Å². The molecular weight excluding hydrogens is 338 g/mol. The van der Waals surface area contributed by atoms with Crippen LogP contribution in [0.5, 0.6) is 0 Å². The smallest absolute Gasteiger partial charge is 0.271 e. The van der Waals surface area contributed by atoms with Crippen molar-refractivity contribution in [1.82, 2.24) is 15.3 Å². The number of halogens is 1. The molecule has 0 spiro atoms. The minimum absolute atomic E-state index is 0.186. The normalized spacial score (nSPS) is 10.3. The molecule has 2 rings (SSSR count). The predicted molar refractivity (Wildman–Crippen MR) is 84.0 cm³/mol. The Kier molecular flexibility index (Phi) is 5.55. The lowest BCUT2D eigenvalue weighted by atomic mass is 10.4.